The van der Waals surface area contributed by atoms with Crippen molar-refractivity contribution in [2.24, 2.45) is 17.3 Å². The molecule has 0 aromatic rings. The standard InChI is InChI=1S/C12H23O/c1-10(2)11-4-6-12(3,7-5-11)8-9-13/h4,10-11,13H,5-9H2,1-3H3. The van der Waals surface area contributed by atoms with Crippen LogP contribution in [0.15, 0.2) is 0 Å². The van der Waals surface area contributed by atoms with E-state index in [1.165, 1.54) is 19.3 Å². The molecule has 1 nitrogen and oxygen atoms in total. The van der Waals surface area contributed by atoms with Crippen molar-refractivity contribution in [2.45, 2.75) is 46.5 Å². The maximum atomic E-state index is 8.94. The van der Waals surface area contributed by atoms with Crippen LogP contribution in [0.3, 0.4) is 0 Å². The first-order valence-corrected chi connectivity index (χ1v) is 5.51. The third kappa shape index (κ3) is 2.98. The molecule has 1 radical (unpaired) electrons. The molecule has 1 heteroatoms. The molecule has 13 heavy (non-hydrogen) atoms. The van der Waals surface area contributed by atoms with Gasteiger partial charge in [0.1, 0.15) is 0 Å². The molecule has 1 N–H and O–H groups in total. The first kappa shape index (κ1) is 11.0. The van der Waals surface area contributed by atoms with Gasteiger partial charge in [0.2, 0.25) is 0 Å². The maximum Gasteiger partial charge on any atom is 0.0436 e. The van der Waals surface area contributed by atoms with Crippen LogP contribution in [0.25, 0.3) is 0 Å². The molecule has 2 unspecified atom stereocenters. The summed E-state index contributed by atoms with van der Waals surface area (Å²) in [4.78, 5) is 0. The average Bonchev–Trinajstić information content (AvgIpc) is 2.05. The Bertz CT molecular complexity index is 143. The second-order valence-corrected chi connectivity index (χ2v) is 5.17. The summed E-state index contributed by atoms with van der Waals surface area (Å²) in [7, 11) is 0. The Labute approximate surface area is 82.5 Å². The lowest BCUT2D eigenvalue weighted by Gasteiger charge is -2.38. The van der Waals surface area contributed by atoms with Gasteiger partial charge in [-0.05, 0) is 49.4 Å². The van der Waals surface area contributed by atoms with Gasteiger partial charge >= 0.3 is 0 Å². The van der Waals surface area contributed by atoms with E-state index in [1.807, 2.05) is 0 Å². The molecule has 0 saturated heterocycles. The smallest absolute Gasteiger partial charge is 0.0436 e. The van der Waals surface area contributed by atoms with E-state index in [9.17, 15) is 0 Å². The van der Waals surface area contributed by atoms with Crippen molar-refractivity contribution in [1.82, 2.24) is 0 Å². The van der Waals surface area contributed by atoms with Crippen molar-refractivity contribution in [3.8, 4) is 0 Å². The van der Waals surface area contributed by atoms with Crippen molar-refractivity contribution in [3.63, 3.8) is 0 Å². The number of hydrogen-bond donors (Lipinski definition) is 1. The summed E-state index contributed by atoms with van der Waals surface area (Å²) < 4.78 is 0. The largest absolute Gasteiger partial charge is 0.396 e. The van der Waals surface area contributed by atoms with Crippen LogP contribution in [-0.4, -0.2) is 11.7 Å². The Morgan fingerprint density at radius 3 is 2.62 bits per heavy atom. The Morgan fingerprint density at radius 1 is 1.54 bits per heavy atom. The van der Waals surface area contributed by atoms with E-state index in [4.69, 9.17) is 5.11 Å². The second-order valence-electron chi connectivity index (χ2n) is 5.17. The van der Waals surface area contributed by atoms with Crippen LogP contribution in [0.4, 0.5) is 0 Å². The third-order valence-corrected chi connectivity index (χ3v) is 3.57. The first-order chi connectivity index (χ1) is 6.07. The van der Waals surface area contributed by atoms with Crippen LogP contribution in [0.5, 0.6) is 0 Å². The van der Waals surface area contributed by atoms with E-state index < -0.39 is 0 Å². The fraction of sp³-hybridized carbons (Fsp3) is 0.917. The van der Waals surface area contributed by atoms with Crippen molar-refractivity contribution >= 4 is 0 Å². The predicted molar refractivity (Wildman–Crippen MR) is 56.3 cm³/mol. The zero-order valence-electron chi connectivity index (χ0n) is 9.21. The van der Waals surface area contributed by atoms with Crippen LogP contribution >= 0.6 is 0 Å². The summed E-state index contributed by atoms with van der Waals surface area (Å²) in [6, 6.07) is 0. The summed E-state index contributed by atoms with van der Waals surface area (Å²) in [5.74, 6) is 1.60. The predicted octanol–water partition coefficient (Wildman–Crippen LogP) is 3.04. The van der Waals surface area contributed by atoms with Gasteiger partial charge in [-0.3, -0.25) is 0 Å². The van der Waals surface area contributed by atoms with Gasteiger partial charge in [-0.1, -0.05) is 20.8 Å². The SMILES string of the molecule is CC(C)C1[CH]CC(C)(CCO)CC1. The van der Waals surface area contributed by atoms with Crippen LogP contribution < -0.4 is 0 Å². The molecule has 0 aliphatic heterocycles. The summed E-state index contributed by atoms with van der Waals surface area (Å²) in [6.07, 6.45) is 7.23. The minimum Gasteiger partial charge on any atom is -0.396 e. The van der Waals surface area contributed by atoms with Gasteiger partial charge in [0.15, 0.2) is 0 Å². The lowest BCUT2D eigenvalue weighted by molar-refractivity contribution is 0.141. The number of rotatable bonds is 3. The number of hydrogen-bond acceptors (Lipinski definition) is 1. The molecule has 1 aliphatic carbocycles. The van der Waals surface area contributed by atoms with Crippen molar-refractivity contribution in [3.05, 3.63) is 6.42 Å². The summed E-state index contributed by atoms with van der Waals surface area (Å²) in [6.45, 7) is 7.25. The molecule has 0 spiro atoms. The quantitative estimate of drug-likeness (QED) is 0.713. The van der Waals surface area contributed by atoms with E-state index >= 15 is 0 Å². The van der Waals surface area contributed by atoms with Gasteiger partial charge in [0.05, 0.1) is 0 Å². The maximum absolute atomic E-state index is 8.94. The molecule has 0 aromatic heterocycles. The molecule has 2 atom stereocenters. The Balaban J connectivity index is 2.37. The minimum absolute atomic E-state index is 0.344. The highest BCUT2D eigenvalue weighted by Gasteiger charge is 2.31. The highest BCUT2D eigenvalue weighted by molar-refractivity contribution is 4.92. The van der Waals surface area contributed by atoms with Crippen LogP contribution in [-0.2, 0) is 0 Å². The molecule has 0 heterocycles. The molecule has 1 saturated carbocycles. The Kier molecular flexibility index (Phi) is 3.78. The van der Waals surface area contributed by atoms with E-state index in [-0.39, 0.29) is 0 Å². The highest BCUT2D eigenvalue weighted by Crippen LogP contribution is 2.42. The fourth-order valence-electron chi connectivity index (χ4n) is 2.27. The zero-order valence-corrected chi connectivity index (χ0v) is 9.21. The second kappa shape index (κ2) is 4.45. The molecular formula is C12H23O. The highest BCUT2D eigenvalue weighted by atomic mass is 16.3. The molecular weight excluding hydrogens is 160 g/mol. The number of aliphatic hydroxyl groups excluding tert-OH is 1. The average molecular weight is 183 g/mol. The molecule has 0 aromatic carbocycles. The molecule has 0 amide bonds. The Morgan fingerprint density at radius 2 is 2.23 bits per heavy atom. The van der Waals surface area contributed by atoms with Crippen molar-refractivity contribution < 1.29 is 5.11 Å². The molecule has 1 aliphatic rings. The third-order valence-electron chi connectivity index (χ3n) is 3.57. The minimum atomic E-state index is 0.344. The van der Waals surface area contributed by atoms with E-state index in [2.05, 4.69) is 27.2 Å². The van der Waals surface area contributed by atoms with E-state index in [0.717, 1.165) is 18.3 Å². The molecule has 77 valence electrons. The summed E-state index contributed by atoms with van der Waals surface area (Å²) in [5.41, 5.74) is 0.389. The van der Waals surface area contributed by atoms with Crippen LogP contribution in [0, 0.1) is 23.7 Å². The molecule has 1 rings (SSSR count). The molecule has 0 bridgehead atoms. The number of aliphatic hydroxyl groups is 1. The normalized spacial score (nSPS) is 35.3. The fourth-order valence-corrected chi connectivity index (χ4v) is 2.27. The van der Waals surface area contributed by atoms with Gasteiger partial charge < -0.3 is 5.11 Å². The Hall–Kier alpha value is -0.0400. The van der Waals surface area contributed by atoms with Gasteiger partial charge in [-0.15, -0.1) is 0 Å². The monoisotopic (exact) mass is 183 g/mol. The summed E-state index contributed by atoms with van der Waals surface area (Å²) in [5, 5.41) is 8.94. The van der Waals surface area contributed by atoms with Crippen molar-refractivity contribution in [2.75, 3.05) is 6.61 Å². The van der Waals surface area contributed by atoms with E-state index in [0.29, 0.717) is 12.0 Å². The molecule has 1 fully saturated rings. The first-order valence-electron chi connectivity index (χ1n) is 5.51. The topological polar surface area (TPSA) is 20.2 Å². The van der Waals surface area contributed by atoms with E-state index in [1.54, 1.807) is 0 Å². The van der Waals surface area contributed by atoms with Crippen LogP contribution in [0.1, 0.15) is 46.5 Å². The lowest BCUT2D eigenvalue weighted by Crippen LogP contribution is -2.28. The van der Waals surface area contributed by atoms with Crippen molar-refractivity contribution in [1.29, 1.82) is 0 Å². The van der Waals surface area contributed by atoms with Gasteiger partial charge in [-0.2, -0.15) is 0 Å². The summed E-state index contributed by atoms with van der Waals surface area (Å²) >= 11 is 0. The van der Waals surface area contributed by atoms with Gasteiger partial charge in [0.25, 0.3) is 0 Å². The zero-order chi connectivity index (χ0) is 9.90. The lowest BCUT2D eigenvalue weighted by atomic mass is 9.68. The van der Waals surface area contributed by atoms with Gasteiger partial charge in [0, 0.05) is 6.61 Å². The van der Waals surface area contributed by atoms with Gasteiger partial charge in [-0.25, -0.2) is 0 Å². The van der Waals surface area contributed by atoms with Crippen LogP contribution in [0.2, 0.25) is 0 Å².